The minimum absolute atomic E-state index is 0.0559. The van der Waals surface area contributed by atoms with E-state index in [0.717, 1.165) is 43.1 Å². The van der Waals surface area contributed by atoms with Crippen molar-refractivity contribution in [3.8, 4) is 11.8 Å². The van der Waals surface area contributed by atoms with Gasteiger partial charge in [-0.3, -0.25) is 14.5 Å². The Hall–Kier alpha value is -4.37. The van der Waals surface area contributed by atoms with Crippen molar-refractivity contribution >= 4 is 29.4 Å². The fourth-order valence-electron chi connectivity index (χ4n) is 3.99. The molecule has 2 aliphatic rings. The number of imide groups is 1. The number of esters is 1. The number of benzene rings is 2. The maximum Gasteiger partial charge on any atom is 0.490 e. The number of anilines is 1. The van der Waals surface area contributed by atoms with E-state index in [4.69, 9.17) is 14.6 Å². The zero-order chi connectivity index (χ0) is 28.6. The van der Waals surface area contributed by atoms with Crippen molar-refractivity contribution in [3.63, 3.8) is 0 Å². The van der Waals surface area contributed by atoms with Crippen LogP contribution in [0.4, 0.5) is 18.9 Å². The zero-order valence-corrected chi connectivity index (χ0v) is 20.9. The molecular formula is C27H26F3N3O6. The summed E-state index contributed by atoms with van der Waals surface area (Å²) in [5.74, 6) is 2.48. The number of halogens is 3. The van der Waals surface area contributed by atoms with Gasteiger partial charge in [-0.25, -0.2) is 9.59 Å². The first-order chi connectivity index (χ1) is 18.5. The van der Waals surface area contributed by atoms with Crippen molar-refractivity contribution in [2.24, 2.45) is 5.92 Å². The highest BCUT2D eigenvalue weighted by Crippen LogP contribution is 2.22. The Kier molecular flexibility index (Phi) is 9.68. The SMILES string of the molecule is COC(=O)c1ccc(NCC2CCNCC2)cc1C#CCN1C(=O)c2ccccc2C1=O.O=C(O)C(F)(F)F. The van der Waals surface area contributed by atoms with Crippen molar-refractivity contribution in [1.82, 2.24) is 10.2 Å². The lowest BCUT2D eigenvalue weighted by Crippen LogP contribution is -2.31. The van der Waals surface area contributed by atoms with E-state index in [1.807, 2.05) is 12.1 Å². The minimum atomic E-state index is -5.08. The number of nitrogens with one attached hydrogen (secondary N) is 2. The van der Waals surface area contributed by atoms with E-state index in [1.54, 1.807) is 30.3 Å². The highest BCUT2D eigenvalue weighted by atomic mass is 19.4. The lowest BCUT2D eigenvalue weighted by molar-refractivity contribution is -0.192. The van der Waals surface area contributed by atoms with Crippen LogP contribution in [0.3, 0.4) is 0 Å². The summed E-state index contributed by atoms with van der Waals surface area (Å²) in [6.45, 7) is 2.85. The molecule has 1 fully saturated rings. The average Bonchev–Trinajstić information content (AvgIpc) is 3.17. The number of aliphatic carboxylic acids is 1. The maximum absolute atomic E-state index is 12.5. The van der Waals surface area contributed by atoms with Gasteiger partial charge in [0.15, 0.2) is 0 Å². The number of nitrogens with zero attached hydrogens (tertiary/aromatic N) is 1. The summed E-state index contributed by atoms with van der Waals surface area (Å²) < 4.78 is 36.6. The number of carbonyl (C=O) groups excluding carboxylic acids is 3. The Morgan fingerprint density at radius 2 is 1.69 bits per heavy atom. The topological polar surface area (TPSA) is 125 Å². The molecule has 4 rings (SSSR count). The molecule has 9 nitrogen and oxygen atoms in total. The summed E-state index contributed by atoms with van der Waals surface area (Å²) in [6.07, 6.45) is -2.83. The second-order valence-corrected chi connectivity index (χ2v) is 8.67. The number of fused-ring (bicyclic) bond motifs is 1. The molecule has 0 radical (unpaired) electrons. The summed E-state index contributed by atoms with van der Waals surface area (Å²) in [5.41, 5.74) is 2.47. The molecule has 0 unspecified atom stereocenters. The third-order valence-corrected chi connectivity index (χ3v) is 6.06. The normalized spacial score (nSPS) is 14.9. The quantitative estimate of drug-likeness (QED) is 0.297. The number of methoxy groups -OCH3 is 1. The summed E-state index contributed by atoms with van der Waals surface area (Å²) >= 11 is 0. The first-order valence-electron chi connectivity index (χ1n) is 11.9. The number of piperidine rings is 1. The van der Waals surface area contributed by atoms with Gasteiger partial charge in [0, 0.05) is 17.8 Å². The average molecular weight is 546 g/mol. The number of carbonyl (C=O) groups is 4. The molecular weight excluding hydrogens is 519 g/mol. The van der Waals surface area contributed by atoms with Crippen LogP contribution in [0.5, 0.6) is 0 Å². The van der Waals surface area contributed by atoms with E-state index in [9.17, 15) is 27.6 Å². The molecule has 2 heterocycles. The van der Waals surface area contributed by atoms with E-state index >= 15 is 0 Å². The molecule has 3 N–H and O–H groups in total. The number of amides is 2. The molecule has 0 saturated carbocycles. The number of carboxylic acids is 1. The van der Waals surface area contributed by atoms with E-state index in [2.05, 4.69) is 22.5 Å². The third-order valence-electron chi connectivity index (χ3n) is 6.06. The van der Waals surface area contributed by atoms with Gasteiger partial charge in [0.2, 0.25) is 0 Å². The third kappa shape index (κ3) is 7.58. The number of hydrogen-bond donors (Lipinski definition) is 3. The van der Waals surface area contributed by atoms with Gasteiger partial charge in [-0.05, 0) is 62.2 Å². The van der Waals surface area contributed by atoms with E-state index < -0.39 is 18.1 Å². The monoisotopic (exact) mass is 545 g/mol. The summed E-state index contributed by atoms with van der Waals surface area (Å²) in [6, 6.07) is 12.0. The Morgan fingerprint density at radius 3 is 2.23 bits per heavy atom. The van der Waals surface area contributed by atoms with Crippen LogP contribution in [0.2, 0.25) is 0 Å². The Labute approximate surface area is 222 Å². The summed E-state index contributed by atoms with van der Waals surface area (Å²) in [4.78, 5) is 47.2. The molecule has 39 heavy (non-hydrogen) atoms. The van der Waals surface area contributed by atoms with Gasteiger partial charge in [-0.2, -0.15) is 13.2 Å². The Bertz CT molecular complexity index is 1270. The molecule has 206 valence electrons. The molecule has 2 aromatic carbocycles. The predicted molar refractivity (Wildman–Crippen MR) is 134 cm³/mol. The zero-order valence-electron chi connectivity index (χ0n) is 20.9. The van der Waals surface area contributed by atoms with Crippen LogP contribution < -0.4 is 10.6 Å². The van der Waals surface area contributed by atoms with Gasteiger partial charge in [0.1, 0.15) is 0 Å². The molecule has 0 bridgehead atoms. The van der Waals surface area contributed by atoms with Crippen LogP contribution in [0, 0.1) is 17.8 Å². The fourth-order valence-corrected chi connectivity index (χ4v) is 3.99. The number of carboxylic acid groups (broad SMARTS) is 1. The Balaban J connectivity index is 0.000000532. The van der Waals surface area contributed by atoms with Crippen molar-refractivity contribution < 1.29 is 42.2 Å². The molecule has 1 saturated heterocycles. The lowest BCUT2D eigenvalue weighted by Gasteiger charge is -2.23. The fraction of sp³-hybridized carbons (Fsp3) is 0.333. The molecule has 2 amide bonds. The summed E-state index contributed by atoms with van der Waals surface area (Å²) in [5, 5.41) is 13.9. The van der Waals surface area contributed by atoms with Crippen LogP contribution in [0.15, 0.2) is 42.5 Å². The van der Waals surface area contributed by atoms with Crippen molar-refractivity contribution in [3.05, 3.63) is 64.7 Å². The smallest absolute Gasteiger partial charge is 0.475 e. The van der Waals surface area contributed by atoms with E-state index in [0.29, 0.717) is 28.2 Å². The maximum atomic E-state index is 12.5. The van der Waals surface area contributed by atoms with Crippen LogP contribution >= 0.6 is 0 Å². The van der Waals surface area contributed by atoms with Crippen molar-refractivity contribution in [2.75, 3.05) is 38.6 Å². The van der Waals surface area contributed by atoms with E-state index in [1.165, 1.54) is 7.11 Å². The van der Waals surface area contributed by atoms with Crippen LogP contribution in [0.1, 0.15) is 49.5 Å². The second-order valence-electron chi connectivity index (χ2n) is 8.67. The van der Waals surface area contributed by atoms with Gasteiger partial charge >= 0.3 is 18.1 Å². The minimum Gasteiger partial charge on any atom is -0.475 e. The number of ether oxygens (including phenoxy) is 1. The highest BCUT2D eigenvalue weighted by Gasteiger charge is 2.38. The van der Waals surface area contributed by atoms with Gasteiger partial charge in [0.25, 0.3) is 11.8 Å². The predicted octanol–water partition coefficient (Wildman–Crippen LogP) is 3.17. The first kappa shape index (κ1) is 29.2. The second kappa shape index (κ2) is 12.9. The van der Waals surface area contributed by atoms with Gasteiger partial charge in [0.05, 0.1) is 30.3 Å². The summed E-state index contributed by atoms with van der Waals surface area (Å²) in [7, 11) is 1.32. The van der Waals surface area contributed by atoms with Gasteiger partial charge in [-0.1, -0.05) is 24.0 Å². The number of rotatable bonds is 5. The molecule has 12 heteroatoms. The molecule has 2 aromatic rings. The van der Waals surface area contributed by atoms with E-state index in [-0.39, 0.29) is 18.4 Å². The molecule has 2 aliphatic heterocycles. The largest absolute Gasteiger partial charge is 0.490 e. The molecule has 0 aliphatic carbocycles. The van der Waals surface area contributed by atoms with Gasteiger partial charge < -0.3 is 20.5 Å². The first-order valence-corrected chi connectivity index (χ1v) is 11.9. The van der Waals surface area contributed by atoms with Crippen LogP contribution in [-0.4, -0.2) is 73.2 Å². The highest BCUT2D eigenvalue weighted by molar-refractivity contribution is 6.21. The standard InChI is InChI=1S/C25H25N3O4.C2HF3O2/c1-32-25(31)20-9-8-19(27-16-17-10-12-26-13-11-17)15-18(20)5-4-14-28-23(29)21-6-2-3-7-22(21)24(28)30;3-2(4,5)1(6)7/h2-3,6-9,15,17,26-27H,10-14,16H2,1H3;(H,6,7). The Morgan fingerprint density at radius 1 is 1.10 bits per heavy atom. The van der Waals surface area contributed by atoms with Crippen LogP contribution in [-0.2, 0) is 9.53 Å². The van der Waals surface area contributed by atoms with Gasteiger partial charge in [-0.15, -0.1) is 0 Å². The molecule has 0 aromatic heterocycles. The molecule has 0 spiro atoms. The van der Waals surface area contributed by atoms with Crippen molar-refractivity contribution in [2.45, 2.75) is 19.0 Å². The van der Waals surface area contributed by atoms with Crippen molar-refractivity contribution in [1.29, 1.82) is 0 Å². The van der Waals surface area contributed by atoms with Crippen LogP contribution in [0.25, 0.3) is 0 Å². The molecule has 0 atom stereocenters. The number of alkyl halides is 3. The number of hydrogen-bond acceptors (Lipinski definition) is 7. The lowest BCUT2D eigenvalue weighted by atomic mass is 9.98.